The molecule has 0 unspecified atom stereocenters. The molecule has 2 fully saturated rings. The smallest absolute Gasteiger partial charge is 0.224 e. The lowest BCUT2D eigenvalue weighted by molar-refractivity contribution is -0.126. The first-order valence-electron chi connectivity index (χ1n) is 8.43. The topological polar surface area (TPSA) is 46.9 Å². The van der Waals surface area contributed by atoms with E-state index in [0.717, 1.165) is 23.4 Å². The molecule has 3 aliphatic carbocycles. The van der Waals surface area contributed by atoms with Crippen molar-refractivity contribution >= 4 is 5.91 Å². The average Bonchev–Trinajstić information content (AvgIpc) is 3.05. The summed E-state index contributed by atoms with van der Waals surface area (Å²) in [5.74, 6) is 1.56. The first-order valence-corrected chi connectivity index (χ1v) is 8.43. The van der Waals surface area contributed by atoms with Gasteiger partial charge in [0.2, 0.25) is 5.91 Å². The minimum Gasteiger partial charge on any atom is -0.349 e. The quantitative estimate of drug-likeness (QED) is 0.872. The zero-order valence-corrected chi connectivity index (χ0v) is 13.9. The SMILES string of the molecule is Cc1nn(C)c(C)c1[C@H](C)NC(=O)[C@H]1C[C@H]2C=C[C@H]1C21CC1. The number of aromatic nitrogens is 2. The molecule has 0 aromatic carbocycles. The van der Waals surface area contributed by atoms with Crippen LogP contribution in [0.15, 0.2) is 12.2 Å². The number of nitrogens with zero attached hydrogens (tertiary/aromatic N) is 2. The van der Waals surface area contributed by atoms with Gasteiger partial charge in [0.05, 0.1) is 11.7 Å². The van der Waals surface area contributed by atoms with Gasteiger partial charge in [-0.3, -0.25) is 9.48 Å². The summed E-state index contributed by atoms with van der Waals surface area (Å²) in [5, 5.41) is 7.72. The molecule has 1 spiro atoms. The van der Waals surface area contributed by atoms with Gasteiger partial charge in [-0.15, -0.1) is 0 Å². The fraction of sp³-hybridized carbons (Fsp3) is 0.667. The van der Waals surface area contributed by atoms with Crippen LogP contribution in [0.3, 0.4) is 0 Å². The van der Waals surface area contributed by atoms with Crippen LogP contribution in [0.25, 0.3) is 0 Å². The van der Waals surface area contributed by atoms with Crippen LogP contribution in [-0.2, 0) is 11.8 Å². The molecule has 4 rings (SSSR count). The summed E-state index contributed by atoms with van der Waals surface area (Å²) in [6.07, 6.45) is 8.35. The van der Waals surface area contributed by atoms with E-state index in [4.69, 9.17) is 0 Å². The Hall–Kier alpha value is -1.58. The average molecular weight is 299 g/mol. The third kappa shape index (κ3) is 1.76. The van der Waals surface area contributed by atoms with Crippen LogP contribution < -0.4 is 5.32 Å². The van der Waals surface area contributed by atoms with Gasteiger partial charge >= 0.3 is 0 Å². The third-order valence-corrected chi connectivity index (χ3v) is 6.42. The molecule has 4 nitrogen and oxygen atoms in total. The van der Waals surface area contributed by atoms with E-state index in [0.29, 0.717) is 17.3 Å². The third-order valence-electron chi connectivity index (χ3n) is 6.42. The summed E-state index contributed by atoms with van der Waals surface area (Å²) >= 11 is 0. The Labute approximate surface area is 132 Å². The maximum atomic E-state index is 12.8. The lowest BCUT2D eigenvalue weighted by Crippen LogP contribution is -2.35. The normalized spacial score (nSPS) is 31.7. The maximum absolute atomic E-state index is 12.8. The summed E-state index contributed by atoms with van der Waals surface area (Å²) in [4.78, 5) is 12.8. The van der Waals surface area contributed by atoms with E-state index in [-0.39, 0.29) is 17.9 Å². The molecule has 1 N–H and O–H groups in total. The van der Waals surface area contributed by atoms with Crippen molar-refractivity contribution in [3.63, 3.8) is 0 Å². The second-order valence-corrected chi connectivity index (χ2v) is 7.53. The molecule has 3 aliphatic rings. The highest BCUT2D eigenvalue weighted by molar-refractivity contribution is 5.81. The van der Waals surface area contributed by atoms with Crippen molar-refractivity contribution < 1.29 is 4.79 Å². The molecule has 1 amide bonds. The van der Waals surface area contributed by atoms with Crippen LogP contribution in [0.2, 0.25) is 0 Å². The summed E-state index contributed by atoms with van der Waals surface area (Å²) in [6.45, 7) is 6.16. The van der Waals surface area contributed by atoms with Crippen LogP contribution in [0, 0.1) is 37.0 Å². The Kier molecular flexibility index (Phi) is 2.85. The first kappa shape index (κ1) is 14.0. The molecule has 0 radical (unpaired) electrons. The first-order chi connectivity index (χ1) is 10.4. The van der Waals surface area contributed by atoms with Crippen molar-refractivity contribution in [3.05, 3.63) is 29.1 Å². The van der Waals surface area contributed by atoms with E-state index in [1.54, 1.807) is 0 Å². The standard InChI is InChI=1S/C18H25N3O/c1-10(16-11(2)20-21(4)12(16)3)19-17(22)14-9-13-5-6-15(14)18(13)7-8-18/h5-6,10,13-15H,7-9H2,1-4H3,(H,19,22)/t10-,13+,14-,15+/m0/s1. The van der Waals surface area contributed by atoms with Gasteiger partial charge in [0.1, 0.15) is 0 Å². The molecule has 2 saturated carbocycles. The van der Waals surface area contributed by atoms with E-state index in [2.05, 4.69) is 36.4 Å². The van der Waals surface area contributed by atoms with Gasteiger partial charge in [-0.25, -0.2) is 0 Å². The number of rotatable bonds is 3. The van der Waals surface area contributed by atoms with Crippen molar-refractivity contribution in [3.8, 4) is 0 Å². The Morgan fingerprint density at radius 2 is 2.14 bits per heavy atom. The summed E-state index contributed by atoms with van der Waals surface area (Å²) < 4.78 is 1.90. The highest BCUT2D eigenvalue weighted by atomic mass is 16.2. The van der Waals surface area contributed by atoms with Gasteiger partial charge in [0.15, 0.2) is 0 Å². The van der Waals surface area contributed by atoms with Crippen molar-refractivity contribution in [1.29, 1.82) is 0 Å². The van der Waals surface area contributed by atoms with E-state index in [1.807, 2.05) is 18.7 Å². The number of carbonyl (C=O) groups is 1. The van der Waals surface area contributed by atoms with Crippen LogP contribution in [0.1, 0.15) is 49.2 Å². The minimum absolute atomic E-state index is 0.0273. The number of aryl methyl sites for hydroxylation is 2. The molecule has 4 heteroatoms. The molecule has 22 heavy (non-hydrogen) atoms. The predicted octanol–water partition coefficient (Wildman–Crippen LogP) is 2.82. The summed E-state index contributed by atoms with van der Waals surface area (Å²) in [7, 11) is 1.96. The Morgan fingerprint density at radius 3 is 2.68 bits per heavy atom. The summed E-state index contributed by atoms with van der Waals surface area (Å²) in [5.41, 5.74) is 3.79. The molecule has 4 atom stereocenters. The van der Waals surface area contributed by atoms with Crippen molar-refractivity contribution in [2.24, 2.45) is 30.2 Å². The second kappa shape index (κ2) is 4.46. The van der Waals surface area contributed by atoms with E-state index in [9.17, 15) is 4.79 Å². The number of carbonyl (C=O) groups excluding carboxylic acids is 1. The Balaban J connectivity index is 1.50. The number of hydrogen-bond donors (Lipinski definition) is 1. The molecule has 118 valence electrons. The van der Waals surface area contributed by atoms with Crippen molar-refractivity contribution in [2.75, 3.05) is 0 Å². The van der Waals surface area contributed by atoms with Gasteiger partial charge in [-0.1, -0.05) is 12.2 Å². The van der Waals surface area contributed by atoms with Gasteiger partial charge in [0, 0.05) is 24.2 Å². The zero-order chi connectivity index (χ0) is 15.6. The molecular weight excluding hydrogens is 274 g/mol. The molecule has 1 heterocycles. The molecule has 1 aromatic rings. The predicted molar refractivity (Wildman–Crippen MR) is 85.1 cm³/mol. The molecule has 0 aliphatic heterocycles. The number of allylic oxidation sites excluding steroid dienone is 2. The molecule has 0 saturated heterocycles. The highest BCUT2D eigenvalue weighted by Gasteiger charge is 2.64. The van der Waals surface area contributed by atoms with Crippen molar-refractivity contribution in [1.82, 2.24) is 15.1 Å². The van der Waals surface area contributed by atoms with Gasteiger partial charge in [-0.2, -0.15) is 5.10 Å². The minimum atomic E-state index is 0.0273. The fourth-order valence-corrected chi connectivity index (χ4v) is 5.08. The van der Waals surface area contributed by atoms with Crippen LogP contribution in [-0.4, -0.2) is 15.7 Å². The van der Waals surface area contributed by atoms with Gasteiger partial charge in [0.25, 0.3) is 0 Å². The maximum Gasteiger partial charge on any atom is 0.224 e. The fourth-order valence-electron chi connectivity index (χ4n) is 5.08. The Bertz CT molecular complexity index is 668. The van der Waals surface area contributed by atoms with Crippen LogP contribution in [0.4, 0.5) is 0 Å². The van der Waals surface area contributed by atoms with E-state index in [1.165, 1.54) is 12.8 Å². The lowest BCUT2D eigenvalue weighted by Gasteiger charge is -2.22. The number of hydrogen-bond acceptors (Lipinski definition) is 2. The molecule has 1 aromatic heterocycles. The zero-order valence-electron chi connectivity index (χ0n) is 13.9. The van der Waals surface area contributed by atoms with Gasteiger partial charge in [-0.05, 0) is 57.3 Å². The second-order valence-electron chi connectivity index (χ2n) is 7.53. The number of amides is 1. The van der Waals surface area contributed by atoms with E-state index >= 15 is 0 Å². The van der Waals surface area contributed by atoms with Gasteiger partial charge < -0.3 is 5.32 Å². The van der Waals surface area contributed by atoms with Crippen LogP contribution in [0.5, 0.6) is 0 Å². The largest absolute Gasteiger partial charge is 0.349 e. The monoisotopic (exact) mass is 299 g/mol. The molecule has 2 bridgehead atoms. The van der Waals surface area contributed by atoms with Crippen LogP contribution >= 0.6 is 0 Å². The number of nitrogens with one attached hydrogen (secondary N) is 1. The summed E-state index contributed by atoms with van der Waals surface area (Å²) in [6, 6.07) is 0.0273. The highest BCUT2D eigenvalue weighted by Crippen LogP contribution is 2.70. The Morgan fingerprint density at radius 1 is 1.41 bits per heavy atom. The molecular formula is C18H25N3O. The lowest BCUT2D eigenvalue weighted by atomic mass is 9.88. The van der Waals surface area contributed by atoms with Crippen molar-refractivity contribution in [2.45, 2.75) is 46.1 Å². The van der Waals surface area contributed by atoms with E-state index < -0.39 is 0 Å².